The standard InChI is InChI=1S/C12H15BrO2/c1-8(14)10-4-5-12(11(13)6-10)15-7-9-2-3-9/h4-6,8-9,14H,2-3,7H2,1H3. The summed E-state index contributed by atoms with van der Waals surface area (Å²) in [6.07, 6.45) is 2.16. The van der Waals surface area contributed by atoms with Crippen molar-refractivity contribution in [3.63, 3.8) is 0 Å². The fraction of sp³-hybridized carbons (Fsp3) is 0.500. The van der Waals surface area contributed by atoms with Gasteiger partial charge < -0.3 is 9.84 Å². The van der Waals surface area contributed by atoms with Gasteiger partial charge in [0.05, 0.1) is 17.2 Å². The zero-order chi connectivity index (χ0) is 10.8. The fourth-order valence-corrected chi connectivity index (χ4v) is 1.90. The van der Waals surface area contributed by atoms with Crippen molar-refractivity contribution < 1.29 is 9.84 Å². The molecule has 0 aliphatic heterocycles. The Morgan fingerprint density at radius 3 is 2.80 bits per heavy atom. The zero-order valence-corrected chi connectivity index (χ0v) is 10.3. The first kappa shape index (κ1) is 11.0. The molecular formula is C12H15BrO2. The lowest BCUT2D eigenvalue weighted by Gasteiger charge is -2.10. The molecule has 0 saturated heterocycles. The van der Waals surface area contributed by atoms with Crippen LogP contribution in [0.5, 0.6) is 5.75 Å². The molecule has 1 aromatic rings. The largest absolute Gasteiger partial charge is 0.492 e. The van der Waals surface area contributed by atoms with Crippen LogP contribution >= 0.6 is 15.9 Å². The zero-order valence-electron chi connectivity index (χ0n) is 8.74. The normalized spacial score (nSPS) is 17.5. The van der Waals surface area contributed by atoms with Gasteiger partial charge in [0.1, 0.15) is 5.75 Å². The predicted octanol–water partition coefficient (Wildman–Crippen LogP) is 3.29. The second-order valence-corrected chi connectivity index (χ2v) is 4.97. The van der Waals surface area contributed by atoms with E-state index in [0.29, 0.717) is 0 Å². The Morgan fingerprint density at radius 2 is 2.27 bits per heavy atom. The summed E-state index contributed by atoms with van der Waals surface area (Å²) in [4.78, 5) is 0. The summed E-state index contributed by atoms with van der Waals surface area (Å²) in [6, 6.07) is 5.72. The van der Waals surface area contributed by atoms with Crippen molar-refractivity contribution in [2.45, 2.75) is 25.9 Å². The molecule has 1 atom stereocenters. The molecule has 2 rings (SSSR count). The molecule has 1 saturated carbocycles. The Bertz CT molecular complexity index is 345. The highest BCUT2D eigenvalue weighted by Crippen LogP contribution is 2.32. The van der Waals surface area contributed by atoms with E-state index in [1.165, 1.54) is 12.8 Å². The number of rotatable bonds is 4. The van der Waals surface area contributed by atoms with Gasteiger partial charge in [0.15, 0.2) is 0 Å². The van der Waals surface area contributed by atoms with Crippen LogP contribution in [-0.4, -0.2) is 11.7 Å². The van der Waals surface area contributed by atoms with Crippen molar-refractivity contribution >= 4 is 15.9 Å². The summed E-state index contributed by atoms with van der Waals surface area (Å²) in [6.45, 7) is 2.57. The van der Waals surface area contributed by atoms with Gasteiger partial charge in [-0.2, -0.15) is 0 Å². The average Bonchev–Trinajstić information content (AvgIpc) is 2.99. The molecule has 15 heavy (non-hydrogen) atoms. The van der Waals surface area contributed by atoms with Gasteiger partial charge in [0.25, 0.3) is 0 Å². The number of hydrogen-bond donors (Lipinski definition) is 1. The van der Waals surface area contributed by atoms with Crippen molar-refractivity contribution in [2.24, 2.45) is 5.92 Å². The van der Waals surface area contributed by atoms with Gasteiger partial charge in [-0.1, -0.05) is 6.07 Å². The smallest absolute Gasteiger partial charge is 0.133 e. The fourth-order valence-electron chi connectivity index (χ4n) is 1.39. The highest BCUT2D eigenvalue weighted by molar-refractivity contribution is 9.10. The lowest BCUT2D eigenvalue weighted by molar-refractivity contribution is 0.199. The van der Waals surface area contributed by atoms with Crippen LogP contribution in [0, 0.1) is 5.92 Å². The Balaban J connectivity index is 2.04. The highest BCUT2D eigenvalue weighted by atomic mass is 79.9. The molecule has 1 unspecified atom stereocenters. The third-order valence-corrected chi connectivity index (χ3v) is 3.23. The van der Waals surface area contributed by atoms with Gasteiger partial charge in [-0.05, 0) is 59.3 Å². The van der Waals surface area contributed by atoms with E-state index >= 15 is 0 Å². The van der Waals surface area contributed by atoms with E-state index < -0.39 is 6.10 Å². The van der Waals surface area contributed by atoms with Crippen LogP contribution in [0.4, 0.5) is 0 Å². The Morgan fingerprint density at radius 1 is 1.53 bits per heavy atom. The van der Waals surface area contributed by atoms with Crippen LogP contribution in [-0.2, 0) is 0 Å². The summed E-state index contributed by atoms with van der Waals surface area (Å²) in [5, 5.41) is 9.41. The van der Waals surface area contributed by atoms with E-state index in [4.69, 9.17) is 4.74 Å². The van der Waals surface area contributed by atoms with Gasteiger partial charge in [-0.25, -0.2) is 0 Å². The lowest BCUT2D eigenvalue weighted by atomic mass is 10.1. The molecule has 82 valence electrons. The van der Waals surface area contributed by atoms with Crippen molar-refractivity contribution in [3.8, 4) is 5.75 Å². The van der Waals surface area contributed by atoms with E-state index in [1.807, 2.05) is 18.2 Å². The first-order valence-electron chi connectivity index (χ1n) is 5.27. The quantitative estimate of drug-likeness (QED) is 0.910. The number of halogens is 1. The van der Waals surface area contributed by atoms with Crippen molar-refractivity contribution in [1.82, 2.24) is 0 Å². The van der Waals surface area contributed by atoms with Crippen LogP contribution in [0.3, 0.4) is 0 Å². The minimum Gasteiger partial charge on any atom is -0.492 e. The Kier molecular flexibility index (Phi) is 3.32. The Hall–Kier alpha value is -0.540. The maximum absolute atomic E-state index is 9.41. The molecule has 1 aliphatic carbocycles. The van der Waals surface area contributed by atoms with Crippen LogP contribution < -0.4 is 4.74 Å². The van der Waals surface area contributed by atoms with Gasteiger partial charge >= 0.3 is 0 Å². The summed E-state index contributed by atoms with van der Waals surface area (Å²) >= 11 is 3.45. The van der Waals surface area contributed by atoms with E-state index in [1.54, 1.807) is 6.92 Å². The maximum Gasteiger partial charge on any atom is 0.133 e. The first-order valence-corrected chi connectivity index (χ1v) is 6.06. The number of benzene rings is 1. The minimum absolute atomic E-state index is 0.432. The van der Waals surface area contributed by atoms with Gasteiger partial charge in [-0.3, -0.25) is 0 Å². The molecule has 2 nitrogen and oxygen atoms in total. The van der Waals surface area contributed by atoms with Crippen molar-refractivity contribution in [1.29, 1.82) is 0 Å². The topological polar surface area (TPSA) is 29.5 Å². The minimum atomic E-state index is -0.432. The molecule has 0 bridgehead atoms. The van der Waals surface area contributed by atoms with E-state index in [-0.39, 0.29) is 0 Å². The number of aliphatic hydroxyl groups is 1. The lowest BCUT2D eigenvalue weighted by Crippen LogP contribution is -2.00. The van der Waals surface area contributed by atoms with Crippen LogP contribution in [0.25, 0.3) is 0 Å². The van der Waals surface area contributed by atoms with E-state index in [0.717, 1.165) is 28.3 Å². The molecule has 1 aromatic carbocycles. The number of ether oxygens (including phenoxy) is 1. The third-order valence-electron chi connectivity index (χ3n) is 2.61. The molecule has 1 aliphatic rings. The SMILES string of the molecule is CC(O)c1ccc(OCC2CC2)c(Br)c1. The molecule has 1 N–H and O–H groups in total. The first-order chi connectivity index (χ1) is 7.16. The maximum atomic E-state index is 9.41. The second kappa shape index (κ2) is 4.54. The summed E-state index contributed by atoms with van der Waals surface area (Å²) < 4.78 is 6.59. The molecule has 3 heteroatoms. The van der Waals surface area contributed by atoms with Gasteiger partial charge in [0, 0.05) is 0 Å². The van der Waals surface area contributed by atoms with Gasteiger partial charge in [0.2, 0.25) is 0 Å². The highest BCUT2D eigenvalue weighted by Gasteiger charge is 2.22. The second-order valence-electron chi connectivity index (χ2n) is 4.12. The molecule has 0 aromatic heterocycles. The predicted molar refractivity (Wildman–Crippen MR) is 63.0 cm³/mol. The van der Waals surface area contributed by atoms with Crippen molar-refractivity contribution in [2.75, 3.05) is 6.61 Å². The van der Waals surface area contributed by atoms with E-state index in [9.17, 15) is 5.11 Å². The molecule has 1 fully saturated rings. The number of aliphatic hydroxyl groups excluding tert-OH is 1. The molecule has 0 heterocycles. The van der Waals surface area contributed by atoms with Gasteiger partial charge in [-0.15, -0.1) is 0 Å². The monoisotopic (exact) mass is 270 g/mol. The third kappa shape index (κ3) is 2.95. The summed E-state index contributed by atoms with van der Waals surface area (Å²) in [5.41, 5.74) is 0.903. The molecule has 0 spiro atoms. The van der Waals surface area contributed by atoms with Crippen LogP contribution in [0.2, 0.25) is 0 Å². The summed E-state index contributed by atoms with van der Waals surface area (Å²) in [7, 11) is 0. The molecule has 0 amide bonds. The van der Waals surface area contributed by atoms with Crippen LogP contribution in [0.1, 0.15) is 31.4 Å². The molecule has 0 radical (unpaired) electrons. The summed E-state index contributed by atoms with van der Waals surface area (Å²) in [5.74, 6) is 1.62. The van der Waals surface area contributed by atoms with E-state index in [2.05, 4.69) is 15.9 Å². The van der Waals surface area contributed by atoms with Crippen LogP contribution in [0.15, 0.2) is 22.7 Å². The molecular weight excluding hydrogens is 256 g/mol. The average molecular weight is 271 g/mol. The Labute approximate surface area is 98.4 Å². The van der Waals surface area contributed by atoms with Crippen molar-refractivity contribution in [3.05, 3.63) is 28.2 Å². The number of hydrogen-bond acceptors (Lipinski definition) is 2.